The molecular formula is C22H26N4O6S. The molecule has 4 heterocycles. The van der Waals surface area contributed by atoms with Crippen LogP contribution in [-0.4, -0.2) is 71.4 Å². The first-order valence-corrected chi connectivity index (χ1v) is 12.5. The number of rotatable bonds is 8. The lowest BCUT2D eigenvalue weighted by atomic mass is 10.1. The van der Waals surface area contributed by atoms with Crippen molar-refractivity contribution < 1.29 is 27.2 Å². The van der Waals surface area contributed by atoms with E-state index in [2.05, 4.69) is 10.3 Å². The first-order chi connectivity index (χ1) is 15.8. The maximum absolute atomic E-state index is 13.3. The molecule has 0 spiro atoms. The van der Waals surface area contributed by atoms with Crippen molar-refractivity contribution >= 4 is 27.6 Å². The van der Waals surface area contributed by atoms with Crippen LogP contribution in [0.4, 0.5) is 0 Å². The Labute approximate surface area is 192 Å². The van der Waals surface area contributed by atoms with Gasteiger partial charge in [0.15, 0.2) is 5.78 Å². The Morgan fingerprint density at radius 1 is 1.30 bits per heavy atom. The Balaban J connectivity index is 1.49. The van der Waals surface area contributed by atoms with E-state index >= 15 is 0 Å². The van der Waals surface area contributed by atoms with Gasteiger partial charge in [0.25, 0.3) is 5.91 Å². The standard InChI is InChI=1S/C22H26N4O6S/c1-2-5-17(24-21(28)15-8-11-32-13-15)22(29)25-10-7-18-20(25)19(27)12-26(18)33(30,31)14-16-6-3-4-9-23-16/h3-4,6,8-9,11,13,17-18,20H,2,5,7,10,12,14H2,1H3,(H,24,28). The number of carbonyl (C=O) groups excluding carboxylic acids is 3. The van der Waals surface area contributed by atoms with Crippen molar-refractivity contribution in [2.45, 2.75) is 50.1 Å². The van der Waals surface area contributed by atoms with Crippen LogP contribution in [-0.2, 0) is 25.4 Å². The number of likely N-dealkylation sites (tertiary alicyclic amines) is 1. The van der Waals surface area contributed by atoms with E-state index in [-0.39, 0.29) is 30.5 Å². The zero-order valence-corrected chi connectivity index (χ0v) is 19.0. The molecule has 0 aliphatic carbocycles. The van der Waals surface area contributed by atoms with E-state index in [1.165, 1.54) is 34.0 Å². The molecule has 2 fully saturated rings. The van der Waals surface area contributed by atoms with Crippen LogP contribution in [0.15, 0.2) is 47.4 Å². The smallest absolute Gasteiger partial charge is 0.255 e. The van der Waals surface area contributed by atoms with Gasteiger partial charge in [0.2, 0.25) is 15.9 Å². The molecule has 0 radical (unpaired) electrons. The average molecular weight is 475 g/mol. The maximum atomic E-state index is 13.3. The summed E-state index contributed by atoms with van der Waals surface area (Å²) < 4.78 is 32.2. The fraction of sp³-hybridized carbons (Fsp3) is 0.455. The lowest BCUT2D eigenvalue weighted by Gasteiger charge is -2.28. The molecule has 1 N–H and O–H groups in total. The van der Waals surface area contributed by atoms with Crippen LogP contribution in [0.25, 0.3) is 0 Å². The summed E-state index contributed by atoms with van der Waals surface area (Å²) in [5, 5.41) is 2.72. The molecule has 2 saturated heterocycles. The highest BCUT2D eigenvalue weighted by molar-refractivity contribution is 7.88. The molecule has 176 valence electrons. The van der Waals surface area contributed by atoms with E-state index in [0.29, 0.717) is 30.5 Å². The fourth-order valence-electron chi connectivity index (χ4n) is 4.52. The van der Waals surface area contributed by atoms with Crippen molar-refractivity contribution in [3.63, 3.8) is 0 Å². The summed E-state index contributed by atoms with van der Waals surface area (Å²) in [6.45, 7) is 1.87. The first kappa shape index (κ1) is 23.1. The predicted octanol–water partition coefficient (Wildman–Crippen LogP) is 0.957. The molecule has 0 aromatic carbocycles. The predicted molar refractivity (Wildman–Crippen MR) is 117 cm³/mol. The van der Waals surface area contributed by atoms with Crippen molar-refractivity contribution in [1.29, 1.82) is 0 Å². The van der Waals surface area contributed by atoms with E-state index < -0.39 is 34.1 Å². The normalized spacial score (nSPS) is 21.7. The summed E-state index contributed by atoms with van der Waals surface area (Å²) in [7, 11) is -3.80. The molecule has 10 nitrogen and oxygen atoms in total. The van der Waals surface area contributed by atoms with Gasteiger partial charge in [-0.1, -0.05) is 19.4 Å². The number of amides is 2. The van der Waals surface area contributed by atoms with E-state index in [4.69, 9.17) is 4.42 Å². The number of hydrogen-bond donors (Lipinski definition) is 1. The molecule has 2 aromatic rings. The van der Waals surface area contributed by atoms with Gasteiger partial charge in [0, 0.05) is 12.7 Å². The van der Waals surface area contributed by atoms with Gasteiger partial charge in [-0.05, 0) is 31.0 Å². The minimum absolute atomic E-state index is 0.247. The van der Waals surface area contributed by atoms with E-state index in [9.17, 15) is 22.8 Å². The fourth-order valence-corrected chi connectivity index (χ4v) is 6.18. The highest BCUT2D eigenvalue weighted by atomic mass is 32.2. The molecule has 11 heteroatoms. The van der Waals surface area contributed by atoms with Gasteiger partial charge in [0.1, 0.15) is 24.1 Å². The Morgan fingerprint density at radius 2 is 2.12 bits per heavy atom. The lowest BCUT2D eigenvalue weighted by Crippen LogP contribution is -2.52. The molecule has 4 rings (SSSR count). The van der Waals surface area contributed by atoms with E-state index in [0.717, 1.165) is 0 Å². The third-order valence-electron chi connectivity index (χ3n) is 6.04. The Hall–Kier alpha value is -3.05. The molecule has 0 saturated carbocycles. The minimum Gasteiger partial charge on any atom is -0.472 e. The molecule has 0 bridgehead atoms. The molecule has 2 aliphatic heterocycles. The van der Waals surface area contributed by atoms with Crippen LogP contribution >= 0.6 is 0 Å². The number of nitrogens with one attached hydrogen (secondary N) is 1. The number of pyridine rings is 1. The van der Waals surface area contributed by atoms with Crippen LogP contribution in [0.3, 0.4) is 0 Å². The molecule has 3 unspecified atom stereocenters. The summed E-state index contributed by atoms with van der Waals surface area (Å²) in [4.78, 5) is 44.1. The lowest BCUT2D eigenvalue weighted by molar-refractivity contribution is -0.138. The third-order valence-corrected chi connectivity index (χ3v) is 7.81. The second-order valence-electron chi connectivity index (χ2n) is 8.25. The molecule has 2 amide bonds. The SMILES string of the molecule is CCCC(NC(=O)c1ccoc1)C(=O)N1CCC2C1C(=O)CN2S(=O)(=O)Cc1ccccn1. The summed E-state index contributed by atoms with van der Waals surface area (Å²) in [5.41, 5.74) is 0.691. The molecule has 3 atom stereocenters. The first-order valence-electron chi connectivity index (χ1n) is 10.9. The van der Waals surface area contributed by atoms with Gasteiger partial charge in [-0.25, -0.2) is 8.42 Å². The van der Waals surface area contributed by atoms with E-state index in [1.54, 1.807) is 18.2 Å². The average Bonchev–Trinajstić information content (AvgIpc) is 3.52. The van der Waals surface area contributed by atoms with Gasteiger partial charge in [-0.3, -0.25) is 19.4 Å². The second-order valence-corrected chi connectivity index (χ2v) is 10.2. The van der Waals surface area contributed by atoms with Gasteiger partial charge in [-0.2, -0.15) is 4.31 Å². The van der Waals surface area contributed by atoms with Gasteiger partial charge >= 0.3 is 0 Å². The van der Waals surface area contributed by atoms with Crippen molar-refractivity contribution in [1.82, 2.24) is 19.5 Å². The van der Waals surface area contributed by atoms with Gasteiger partial charge < -0.3 is 14.6 Å². The van der Waals surface area contributed by atoms with Crippen molar-refractivity contribution in [3.05, 3.63) is 54.2 Å². The Bertz CT molecular complexity index is 1120. The number of ketones is 1. The zero-order valence-electron chi connectivity index (χ0n) is 18.2. The van der Waals surface area contributed by atoms with Crippen LogP contribution in [0.1, 0.15) is 42.2 Å². The van der Waals surface area contributed by atoms with Crippen LogP contribution in [0, 0.1) is 0 Å². The second kappa shape index (κ2) is 9.44. The van der Waals surface area contributed by atoms with Gasteiger partial charge in [-0.15, -0.1) is 0 Å². The van der Waals surface area contributed by atoms with Crippen LogP contribution < -0.4 is 5.32 Å². The largest absolute Gasteiger partial charge is 0.472 e. The number of furan rings is 1. The minimum atomic E-state index is -3.80. The summed E-state index contributed by atoms with van der Waals surface area (Å²) in [6.07, 6.45) is 5.57. The molecule has 33 heavy (non-hydrogen) atoms. The zero-order chi connectivity index (χ0) is 23.6. The number of aromatic nitrogens is 1. The van der Waals surface area contributed by atoms with Crippen LogP contribution in [0.5, 0.6) is 0 Å². The number of nitrogens with zero attached hydrogens (tertiary/aromatic N) is 3. The van der Waals surface area contributed by atoms with Crippen molar-refractivity contribution in [2.24, 2.45) is 0 Å². The maximum Gasteiger partial charge on any atom is 0.255 e. The highest BCUT2D eigenvalue weighted by Gasteiger charge is 2.54. The number of carbonyl (C=O) groups is 3. The number of Topliss-reactive ketones (excluding diaryl/α,β-unsaturated/α-hetero) is 1. The Morgan fingerprint density at radius 3 is 2.79 bits per heavy atom. The van der Waals surface area contributed by atoms with Crippen LogP contribution in [0.2, 0.25) is 0 Å². The van der Waals surface area contributed by atoms with Crippen molar-refractivity contribution in [2.75, 3.05) is 13.1 Å². The number of hydrogen-bond acceptors (Lipinski definition) is 7. The summed E-state index contributed by atoms with van der Waals surface area (Å²) in [5.74, 6) is -1.44. The molecule has 2 aromatic heterocycles. The summed E-state index contributed by atoms with van der Waals surface area (Å²) in [6, 6.07) is 4.25. The van der Waals surface area contributed by atoms with Crippen molar-refractivity contribution in [3.8, 4) is 0 Å². The topological polar surface area (TPSA) is 130 Å². The van der Waals surface area contributed by atoms with E-state index in [1.807, 2.05) is 6.92 Å². The molecule has 2 aliphatic rings. The molecular weight excluding hydrogens is 448 g/mol. The quantitative estimate of drug-likeness (QED) is 0.603. The summed E-state index contributed by atoms with van der Waals surface area (Å²) >= 11 is 0. The Kier molecular flexibility index (Phi) is 6.61. The van der Waals surface area contributed by atoms with Gasteiger partial charge in [0.05, 0.1) is 30.1 Å². The highest BCUT2D eigenvalue weighted by Crippen LogP contribution is 2.33. The number of sulfonamides is 1. The third kappa shape index (κ3) is 4.69. The monoisotopic (exact) mass is 474 g/mol. The number of fused-ring (bicyclic) bond motifs is 1.